The van der Waals surface area contributed by atoms with E-state index in [0.717, 1.165) is 15.6 Å². The Morgan fingerprint density at radius 1 is 1.28 bits per heavy atom. The van der Waals surface area contributed by atoms with Crippen LogP contribution >= 0.6 is 46.3 Å². The van der Waals surface area contributed by atoms with E-state index in [1.807, 2.05) is 12.1 Å². The fourth-order valence-electron chi connectivity index (χ4n) is 2.41. The maximum Gasteiger partial charge on any atom is 0.262 e. The molecule has 25 heavy (non-hydrogen) atoms. The van der Waals surface area contributed by atoms with Gasteiger partial charge in [0.1, 0.15) is 0 Å². The highest BCUT2D eigenvalue weighted by molar-refractivity contribution is 7.98. The van der Waals surface area contributed by atoms with Crippen molar-refractivity contribution in [2.45, 2.75) is 23.9 Å². The van der Waals surface area contributed by atoms with Crippen molar-refractivity contribution < 1.29 is 4.74 Å². The Balaban J connectivity index is 1.97. The first-order valence-corrected chi connectivity index (χ1v) is 10.2. The molecule has 0 unspecified atom stereocenters. The molecule has 132 valence electrons. The monoisotopic (exact) mass is 414 g/mol. The van der Waals surface area contributed by atoms with Crippen molar-refractivity contribution in [1.82, 2.24) is 9.55 Å². The summed E-state index contributed by atoms with van der Waals surface area (Å²) in [5, 5.41) is 1.82. The number of thiophene rings is 1. The minimum atomic E-state index is -0.0514. The molecule has 0 fully saturated rings. The lowest BCUT2D eigenvalue weighted by atomic mass is 10.2. The van der Waals surface area contributed by atoms with E-state index in [-0.39, 0.29) is 5.56 Å². The van der Waals surface area contributed by atoms with Gasteiger partial charge in [-0.3, -0.25) is 9.36 Å². The Labute approximate surface area is 163 Å². The Hall–Kier alpha value is -1.05. The summed E-state index contributed by atoms with van der Waals surface area (Å²) in [6.07, 6.45) is 0.746. The van der Waals surface area contributed by atoms with Crippen LogP contribution in [0.3, 0.4) is 0 Å². The zero-order chi connectivity index (χ0) is 17.8. The van der Waals surface area contributed by atoms with Crippen LogP contribution in [0, 0.1) is 0 Å². The van der Waals surface area contributed by atoms with Crippen LogP contribution < -0.4 is 5.56 Å². The van der Waals surface area contributed by atoms with E-state index in [0.29, 0.717) is 40.0 Å². The number of fused-ring (bicyclic) bond motifs is 1. The quantitative estimate of drug-likeness (QED) is 0.306. The predicted octanol–water partition coefficient (Wildman–Crippen LogP) is 5.09. The third kappa shape index (κ3) is 4.57. The number of hydrogen-bond acceptors (Lipinski definition) is 5. The molecule has 8 heteroatoms. The fourth-order valence-corrected chi connectivity index (χ4v) is 4.74. The predicted molar refractivity (Wildman–Crippen MR) is 106 cm³/mol. The molecule has 2 aromatic heterocycles. The lowest BCUT2D eigenvalue weighted by molar-refractivity contribution is 0.189. The van der Waals surface area contributed by atoms with Gasteiger partial charge in [0, 0.05) is 35.9 Å². The van der Waals surface area contributed by atoms with Crippen LogP contribution in [0.4, 0.5) is 0 Å². The molecule has 1 aromatic carbocycles. The number of rotatable bonds is 7. The van der Waals surface area contributed by atoms with Gasteiger partial charge >= 0.3 is 0 Å². The lowest BCUT2D eigenvalue weighted by Crippen LogP contribution is -2.24. The van der Waals surface area contributed by atoms with Crippen molar-refractivity contribution >= 4 is 57.2 Å². The highest BCUT2D eigenvalue weighted by Crippen LogP contribution is 2.29. The molecule has 4 nitrogen and oxygen atoms in total. The largest absolute Gasteiger partial charge is 0.385 e. The van der Waals surface area contributed by atoms with Crippen LogP contribution in [-0.2, 0) is 17.0 Å². The molecule has 0 aliphatic heterocycles. The zero-order valence-electron chi connectivity index (χ0n) is 13.5. The molecule has 0 aliphatic rings. The number of ether oxygens (including phenoxy) is 1. The second-order valence-corrected chi connectivity index (χ2v) is 8.53. The molecule has 0 saturated heterocycles. The molecule has 3 rings (SSSR count). The average molecular weight is 415 g/mol. The first kappa shape index (κ1) is 18.7. The minimum absolute atomic E-state index is 0.0514. The lowest BCUT2D eigenvalue weighted by Gasteiger charge is -2.13. The summed E-state index contributed by atoms with van der Waals surface area (Å²) in [6, 6.07) is 9.04. The van der Waals surface area contributed by atoms with Gasteiger partial charge in [-0.25, -0.2) is 4.98 Å². The number of thioether (sulfide) groups is 1. The van der Waals surface area contributed by atoms with Crippen molar-refractivity contribution in [3.8, 4) is 0 Å². The summed E-state index contributed by atoms with van der Waals surface area (Å²) >= 11 is 15.1. The van der Waals surface area contributed by atoms with E-state index in [9.17, 15) is 4.79 Å². The van der Waals surface area contributed by atoms with E-state index in [1.165, 1.54) is 23.1 Å². The molecule has 0 saturated carbocycles. The minimum Gasteiger partial charge on any atom is -0.385 e. The van der Waals surface area contributed by atoms with Gasteiger partial charge < -0.3 is 4.74 Å². The van der Waals surface area contributed by atoms with Crippen molar-refractivity contribution in [2.75, 3.05) is 13.7 Å². The second kappa shape index (κ2) is 8.56. The Morgan fingerprint density at radius 3 is 2.84 bits per heavy atom. The number of nitrogens with zero attached hydrogens (tertiary/aromatic N) is 2. The van der Waals surface area contributed by atoms with Gasteiger partial charge in [-0.1, -0.05) is 35.0 Å². The third-order valence-corrected chi connectivity index (χ3v) is 6.26. The van der Waals surface area contributed by atoms with Gasteiger partial charge in [0.15, 0.2) is 5.16 Å². The van der Waals surface area contributed by atoms with Crippen LogP contribution in [0.25, 0.3) is 10.9 Å². The summed E-state index contributed by atoms with van der Waals surface area (Å²) in [4.78, 5) is 18.7. The molecular weight excluding hydrogens is 399 g/mol. The van der Waals surface area contributed by atoms with Crippen LogP contribution in [0.15, 0.2) is 40.3 Å². The molecule has 0 spiro atoms. The van der Waals surface area contributed by atoms with Gasteiger partial charge in [-0.2, -0.15) is 0 Å². The third-order valence-electron chi connectivity index (χ3n) is 3.58. The molecule has 0 radical (unpaired) electrons. The van der Waals surface area contributed by atoms with Gasteiger partial charge in [0.25, 0.3) is 5.56 Å². The van der Waals surface area contributed by atoms with Gasteiger partial charge in [-0.05, 0) is 36.8 Å². The van der Waals surface area contributed by atoms with Gasteiger partial charge in [0.05, 0.1) is 15.2 Å². The van der Waals surface area contributed by atoms with Crippen molar-refractivity contribution in [2.24, 2.45) is 0 Å². The highest BCUT2D eigenvalue weighted by Gasteiger charge is 2.12. The van der Waals surface area contributed by atoms with Crippen LogP contribution in [0.1, 0.15) is 11.3 Å². The summed E-state index contributed by atoms with van der Waals surface area (Å²) in [6.45, 7) is 1.15. The smallest absolute Gasteiger partial charge is 0.262 e. The first-order valence-electron chi connectivity index (χ1n) is 7.64. The summed E-state index contributed by atoms with van der Waals surface area (Å²) in [5.41, 5.74) is 0.566. The van der Waals surface area contributed by atoms with Crippen molar-refractivity contribution in [3.63, 3.8) is 0 Å². The Kier molecular flexibility index (Phi) is 6.41. The SMILES string of the molecule is COCCCn1c(SCc2ccc(Cl)s2)nc2cc(Cl)ccc2c1=O. The Bertz CT molecular complexity index is 940. The standard InChI is InChI=1S/C17H16Cl2N2O2S2/c1-23-8-2-7-21-16(22)13-5-3-11(18)9-14(13)20-17(21)24-10-12-4-6-15(19)25-12/h3-6,9H,2,7-8,10H2,1H3. The number of hydrogen-bond donors (Lipinski definition) is 0. The average Bonchev–Trinajstić information content (AvgIpc) is 3.00. The van der Waals surface area contributed by atoms with E-state index in [1.54, 1.807) is 29.9 Å². The van der Waals surface area contributed by atoms with E-state index < -0.39 is 0 Å². The maximum atomic E-state index is 12.9. The molecule has 0 aliphatic carbocycles. The molecule has 0 amide bonds. The fraction of sp³-hybridized carbons (Fsp3) is 0.294. The van der Waals surface area contributed by atoms with E-state index >= 15 is 0 Å². The molecule has 0 N–H and O–H groups in total. The highest BCUT2D eigenvalue weighted by atomic mass is 35.5. The second-order valence-electron chi connectivity index (χ2n) is 5.35. The summed E-state index contributed by atoms with van der Waals surface area (Å²) in [5.74, 6) is 0.709. The number of halogens is 2. The van der Waals surface area contributed by atoms with Crippen molar-refractivity contribution in [3.05, 3.63) is 54.9 Å². The molecular formula is C17H16Cl2N2O2S2. The summed E-state index contributed by atoms with van der Waals surface area (Å²) in [7, 11) is 1.65. The van der Waals surface area contributed by atoms with E-state index in [2.05, 4.69) is 4.98 Å². The van der Waals surface area contributed by atoms with Crippen molar-refractivity contribution in [1.29, 1.82) is 0 Å². The molecule has 0 atom stereocenters. The maximum absolute atomic E-state index is 12.9. The zero-order valence-corrected chi connectivity index (χ0v) is 16.6. The van der Waals surface area contributed by atoms with E-state index in [4.69, 9.17) is 27.9 Å². The van der Waals surface area contributed by atoms with Crippen LogP contribution in [0.2, 0.25) is 9.36 Å². The molecule has 0 bridgehead atoms. The summed E-state index contributed by atoms with van der Waals surface area (Å²) < 4.78 is 7.58. The molecule has 3 aromatic rings. The van der Waals surface area contributed by atoms with Crippen LogP contribution in [0.5, 0.6) is 0 Å². The Morgan fingerprint density at radius 2 is 2.12 bits per heavy atom. The molecule has 2 heterocycles. The number of benzene rings is 1. The van der Waals surface area contributed by atoms with Crippen LogP contribution in [-0.4, -0.2) is 23.3 Å². The topological polar surface area (TPSA) is 44.1 Å². The normalized spacial score (nSPS) is 11.3. The van der Waals surface area contributed by atoms with Gasteiger partial charge in [0.2, 0.25) is 0 Å². The number of methoxy groups -OCH3 is 1. The van der Waals surface area contributed by atoms with Gasteiger partial charge in [-0.15, -0.1) is 11.3 Å². The number of aromatic nitrogens is 2. The first-order chi connectivity index (χ1) is 12.1.